The lowest BCUT2D eigenvalue weighted by molar-refractivity contribution is 0.231. The SMILES string of the molecule is CCCCNS(=O)(=O)c1ccc(OC(C)C)c(F)c1. The summed E-state index contributed by atoms with van der Waals surface area (Å²) in [4.78, 5) is -0.0859. The van der Waals surface area contributed by atoms with Crippen molar-refractivity contribution in [2.75, 3.05) is 6.54 Å². The summed E-state index contributed by atoms with van der Waals surface area (Å²) in [6.45, 7) is 5.86. The Hall–Kier alpha value is -1.14. The topological polar surface area (TPSA) is 55.4 Å². The summed E-state index contributed by atoms with van der Waals surface area (Å²) in [6.07, 6.45) is 1.47. The second-order valence-corrected chi connectivity index (χ2v) is 6.28. The van der Waals surface area contributed by atoms with E-state index in [0.717, 1.165) is 18.9 Å². The van der Waals surface area contributed by atoms with Crippen molar-refractivity contribution in [3.8, 4) is 5.75 Å². The van der Waals surface area contributed by atoms with Gasteiger partial charge in [-0.2, -0.15) is 0 Å². The molecule has 6 heteroatoms. The molecule has 0 aliphatic heterocycles. The normalized spacial score (nSPS) is 11.8. The van der Waals surface area contributed by atoms with Gasteiger partial charge < -0.3 is 4.74 Å². The van der Waals surface area contributed by atoms with E-state index >= 15 is 0 Å². The number of hydrogen-bond acceptors (Lipinski definition) is 3. The molecule has 0 aliphatic carbocycles. The van der Waals surface area contributed by atoms with Gasteiger partial charge in [0.2, 0.25) is 10.0 Å². The summed E-state index contributed by atoms with van der Waals surface area (Å²) in [6, 6.07) is 3.66. The van der Waals surface area contributed by atoms with E-state index in [9.17, 15) is 12.8 Å². The number of benzene rings is 1. The third kappa shape index (κ3) is 4.80. The molecule has 108 valence electrons. The second-order valence-electron chi connectivity index (χ2n) is 4.51. The maximum atomic E-state index is 13.7. The summed E-state index contributed by atoms with van der Waals surface area (Å²) in [5, 5.41) is 0. The molecule has 0 heterocycles. The number of ether oxygens (including phenoxy) is 1. The van der Waals surface area contributed by atoms with Crippen molar-refractivity contribution in [3.63, 3.8) is 0 Å². The lowest BCUT2D eigenvalue weighted by Crippen LogP contribution is -2.24. The molecule has 1 aromatic rings. The molecule has 1 aromatic carbocycles. The van der Waals surface area contributed by atoms with Gasteiger partial charge >= 0.3 is 0 Å². The van der Waals surface area contributed by atoms with Crippen molar-refractivity contribution < 1.29 is 17.5 Å². The van der Waals surface area contributed by atoms with Crippen LogP contribution in [0.25, 0.3) is 0 Å². The molecule has 0 bridgehead atoms. The van der Waals surface area contributed by atoms with E-state index in [0.29, 0.717) is 6.54 Å². The van der Waals surface area contributed by atoms with Crippen LogP contribution in [0.5, 0.6) is 5.75 Å². The number of nitrogens with one attached hydrogen (secondary N) is 1. The van der Waals surface area contributed by atoms with E-state index in [1.54, 1.807) is 13.8 Å². The molecule has 0 amide bonds. The first-order chi connectivity index (χ1) is 8.86. The predicted molar refractivity (Wildman–Crippen MR) is 72.3 cm³/mol. The van der Waals surface area contributed by atoms with Gasteiger partial charge in [0.05, 0.1) is 11.0 Å². The Morgan fingerprint density at radius 3 is 2.58 bits per heavy atom. The lowest BCUT2D eigenvalue weighted by Gasteiger charge is -2.12. The Balaban J connectivity index is 2.87. The van der Waals surface area contributed by atoms with Gasteiger partial charge in [0.1, 0.15) is 0 Å². The third-order valence-electron chi connectivity index (χ3n) is 2.40. The van der Waals surface area contributed by atoms with Crippen LogP contribution in [0, 0.1) is 5.82 Å². The van der Waals surface area contributed by atoms with Gasteiger partial charge in [-0.15, -0.1) is 0 Å². The van der Waals surface area contributed by atoms with E-state index in [1.165, 1.54) is 12.1 Å². The number of unbranched alkanes of at least 4 members (excludes halogenated alkanes) is 1. The molecule has 0 aliphatic rings. The molecular weight excluding hydrogens is 269 g/mol. The summed E-state index contributed by atoms with van der Waals surface area (Å²) < 4.78 is 45.1. The highest BCUT2D eigenvalue weighted by molar-refractivity contribution is 7.89. The van der Waals surface area contributed by atoms with Gasteiger partial charge in [0.25, 0.3) is 0 Å². The van der Waals surface area contributed by atoms with E-state index in [1.807, 2.05) is 6.92 Å². The minimum Gasteiger partial charge on any atom is -0.488 e. The van der Waals surface area contributed by atoms with E-state index in [-0.39, 0.29) is 16.7 Å². The summed E-state index contributed by atoms with van der Waals surface area (Å²) in [5.41, 5.74) is 0. The van der Waals surface area contributed by atoms with Crippen LogP contribution in [0.1, 0.15) is 33.6 Å². The van der Waals surface area contributed by atoms with Crippen LogP contribution in [0.3, 0.4) is 0 Å². The van der Waals surface area contributed by atoms with Crippen LogP contribution in [0.15, 0.2) is 23.1 Å². The lowest BCUT2D eigenvalue weighted by atomic mass is 10.3. The van der Waals surface area contributed by atoms with Crippen molar-refractivity contribution >= 4 is 10.0 Å². The minimum absolute atomic E-state index is 0.0579. The molecule has 19 heavy (non-hydrogen) atoms. The Morgan fingerprint density at radius 1 is 1.37 bits per heavy atom. The standard InChI is InChI=1S/C13H20FNO3S/c1-4-5-8-15-19(16,17)11-6-7-13(12(14)9-11)18-10(2)3/h6-7,9-10,15H,4-5,8H2,1-3H3. The van der Waals surface area contributed by atoms with Crippen molar-refractivity contribution in [2.45, 2.75) is 44.6 Å². The zero-order valence-corrected chi connectivity index (χ0v) is 12.3. The average Bonchev–Trinajstić information content (AvgIpc) is 2.31. The second kappa shape index (κ2) is 6.86. The summed E-state index contributed by atoms with van der Waals surface area (Å²) >= 11 is 0. The van der Waals surface area contributed by atoms with Gasteiger partial charge in [0.15, 0.2) is 11.6 Å². The minimum atomic E-state index is -3.65. The summed E-state index contributed by atoms with van der Waals surface area (Å²) in [7, 11) is -3.65. The maximum Gasteiger partial charge on any atom is 0.240 e. The fraction of sp³-hybridized carbons (Fsp3) is 0.538. The number of rotatable bonds is 7. The van der Waals surface area contributed by atoms with Gasteiger partial charge in [-0.25, -0.2) is 17.5 Å². The zero-order chi connectivity index (χ0) is 14.5. The van der Waals surface area contributed by atoms with Crippen LogP contribution >= 0.6 is 0 Å². The first-order valence-corrected chi connectivity index (χ1v) is 7.81. The van der Waals surface area contributed by atoms with Gasteiger partial charge in [-0.05, 0) is 38.5 Å². The molecule has 0 fully saturated rings. The fourth-order valence-corrected chi connectivity index (χ4v) is 2.55. The monoisotopic (exact) mass is 289 g/mol. The van der Waals surface area contributed by atoms with Crippen LogP contribution in [0.2, 0.25) is 0 Å². The quantitative estimate of drug-likeness (QED) is 0.785. The fourth-order valence-electron chi connectivity index (χ4n) is 1.46. The molecule has 0 saturated carbocycles. The van der Waals surface area contributed by atoms with Crippen LogP contribution in [-0.2, 0) is 10.0 Å². The molecule has 0 atom stereocenters. The molecule has 0 unspecified atom stereocenters. The van der Waals surface area contributed by atoms with Crippen LogP contribution in [0.4, 0.5) is 4.39 Å². The van der Waals surface area contributed by atoms with Gasteiger partial charge in [0, 0.05) is 6.54 Å². The summed E-state index contributed by atoms with van der Waals surface area (Å²) in [5.74, 6) is -0.616. The van der Waals surface area contributed by atoms with E-state index in [4.69, 9.17) is 4.74 Å². The molecule has 4 nitrogen and oxygen atoms in total. The first kappa shape index (κ1) is 15.9. The largest absolute Gasteiger partial charge is 0.488 e. The van der Waals surface area contributed by atoms with Crippen LogP contribution in [-0.4, -0.2) is 21.1 Å². The molecular formula is C13H20FNO3S. The first-order valence-electron chi connectivity index (χ1n) is 6.32. The Labute approximate surface area is 114 Å². The van der Waals surface area contributed by atoms with E-state index in [2.05, 4.69) is 4.72 Å². The average molecular weight is 289 g/mol. The Kier molecular flexibility index (Phi) is 5.75. The van der Waals surface area contributed by atoms with Crippen molar-refractivity contribution in [1.82, 2.24) is 4.72 Å². The molecule has 0 spiro atoms. The predicted octanol–water partition coefficient (Wildman–Crippen LogP) is 2.69. The Bertz CT molecular complexity index is 515. The highest BCUT2D eigenvalue weighted by Crippen LogP contribution is 2.22. The highest BCUT2D eigenvalue weighted by atomic mass is 32.2. The molecule has 0 radical (unpaired) electrons. The van der Waals surface area contributed by atoms with Gasteiger partial charge in [-0.3, -0.25) is 0 Å². The van der Waals surface area contributed by atoms with Crippen LogP contribution < -0.4 is 9.46 Å². The molecule has 1 rings (SSSR count). The number of hydrogen-bond donors (Lipinski definition) is 1. The Morgan fingerprint density at radius 2 is 2.05 bits per heavy atom. The number of sulfonamides is 1. The maximum absolute atomic E-state index is 13.7. The molecule has 0 saturated heterocycles. The van der Waals surface area contributed by atoms with Crippen molar-refractivity contribution in [1.29, 1.82) is 0 Å². The highest BCUT2D eigenvalue weighted by Gasteiger charge is 2.16. The van der Waals surface area contributed by atoms with Gasteiger partial charge in [-0.1, -0.05) is 13.3 Å². The van der Waals surface area contributed by atoms with Crippen molar-refractivity contribution in [3.05, 3.63) is 24.0 Å². The van der Waals surface area contributed by atoms with E-state index < -0.39 is 15.8 Å². The molecule has 0 aromatic heterocycles. The smallest absolute Gasteiger partial charge is 0.240 e. The number of halogens is 1. The zero-order valence-electron chi connectivity index (χ0n) is 11.4. The van der Waals surface area contributed by atoms with Crippen molar-refractivity contribution in [2.24, 2.45) is 0 Å². The molecule has 1 N–H and O–H groups in total. The third-order valence-corrected chi connectivity index (χ3v) is 3.86.